The summed E-state index contributed by atoms with van der Waals surface area (Å²) in [5, 5.41) is 0. The molecule has 5 aliphatic rings. The molecule has 176 valence electrons. The minimum Gasteiger partial charge on any atom is -0.300 e. The van der Waals surface area contributed by atoms with Gasteiger partial charge in [0.15, 0.2) is 0 Å². The summed E-state index contributed by atoms with van der Waals surface area (Å²) in [4.78, 5) is 11.8. The van der Waals surface area contributed by atoms with Crippen LogP contribution in [0.1, 0.15) is 125 Å². The van der Waals surface area contributed by atoms with E-state index in [9.17, 15) is 4.79 Å². The van der Waals surface area contributed by atoms with Crippen molar-refractivity contribution in [2.75, 3.05) is 0 Å². The van der Waals surface area contributed by atoms with Gasteiger partial charge in [-0.3, -0.25) is 4.79 Å². The smallest absolute Gasteiger partial charge is 0.134 e. The normalized spacial score (nSPS) is 46.9. The van der Waals surface area contributed by atoms with Gasteiger partial charge in [0.1, 0.15) is 5.78 Å². The topological polar surface area (TPSA) is 17.1 Å². The molecule has 0 saturated heterocycles. The molecule has 5 fully saturated rings. The van der Waals surface area contributed by atoms with E-state index in [2.05, 4.69) is 34.6 Å². The quantitative estimate of drug-likeness (QED) is 0.431. The van der Waals surface area contributed by atoms with Crippen molar-refractivity contribution in [2.45, 2.75) is 125 Å². The summed E-state index contributed by atoms with van der Waals surface area (Å²) in [6, 6.07) is 0. The van der Waals surface area contributed by atoms with Gasteiger partial charge in [-0.05, 0) is 115 Å². The number of ketones is 1. The summed E-state index contributed by atoms with van der Waals surface area (Å²) >= 11 is 0. The fraction of sp³-hybridized carbons (Fsp3) is 0.967. The highest BCUT2D eigenvalue weighted by molar-refractivity contribution is 5.86. The van der Waals surface area contributed by atoms with Gasteiger partial charge in [0, 0.05) is 12.8 Å². The second-order valence-corrected chi connectivity index (χ2v) is 14.3. The third-order valence-corrected chi connectivity index (χ3v) is 12.3. The van der Waals surface area contributed by atoms with Crippen molar-refractivity contribution in [1.29, 1.82) is 0 Å². The van der Waals surface area contributed by atoms with Crippen LogP contribution in [0.5, 0.6) is 0 Å². The molecule has 0 heterocycles. The monoisotopic (exact) mass is 426 g/mol. The molecule has 0 unspecified atom stereocenters. The van der Waals surface area contributed by atoms with Gasteiger partial charge in [0.05, 0.1) is 0 Å². The van der Waals surface area contributed by atoms with E-state index in [0.29, 0.717) is 22.0 Å². The number of rotatable bonds is 5. The van der Waals surface area contributed by atoms with Crippen molar-refractivity contribution in [3.8, 4) is 0 Å². The first kappa shape index (κ1) is 22.5. The van der Waals surface area contributed by atoms with Crippen LogP contribution in [0, 0.1) is 57.7 Å². The highest BCUT2D eigenvalue weighted by Crippen LogP contribution is 2.70. The Balaban J connectivity index is 1.28. The average Bonchev–Trinajstić information content (AvgIpc) is 3.04. The van der Waals surface area contributed by atoms with E-state index in [0.717, 1.165) is 54.3 Å². The lowest BCUT2D eigenvalue weighted by Gasteiger charge is -2.64. The van der Waals surface area contributed by atoms with Crippen molar-refractivity contribution in [3.05, 3.63) is 0 Å². The predicted molar refractivity (Wildman–Crippen MR) is 130 cm³/mol. The maximum absolute atomic E-state index is 11.8. The molecule has 0 aromatic carbocycles. The molecule has 31 heavy (non-hydrogen) atoms. The number of carbonyl (C=O) groups is 1. The zero-order valence-corrected chi connectivity index (χ0v) is 21.3. The first-order valence-corrected chi connectivity index (χ1v) is 14.2. The van der Waals surface area contributed by atoms with Gasteiger partial charge in [-0.1, -0.05) is 53.9 Å². The summed E-state index contributed by atoms with van der Waals surface area (Å²) < 4.78 is 0. The lowest BCUT2D eigenvalue weighted by molar-refractivity contribution is -0.157. The minimum absolute atomic E-state index is 0.446. The van der Waals surface area contributed by atoms with Crippen LogP contribution in [-0.2, 0) is 4.79 Å². The van der Waals surface area contributed by atoms with Crippen LogP contribution in [-0.4, -0.2) is 5.78 Å². The van der Waals surface area contributed by atoms with Gasteiger partial charge in [-0.25, -0.2) is 0 Å². The van der Waals surface area contributed by atoms with E-state index < -0.39 is 0 Å². The fourth-order valence-corrected chi connectivity index (χ4v) is 10.5. The Kier molecular flexibility index (Phi) is 5.70. The summed E-state index contributed by atoms with van der Waals surface area (Å²) in [5.41, 5.74) is 1.65. The molecule has 5 aliphatic carbocycles. The lowest BCUT2D eigenvalue weighted by Crippen LogP contribution is -2.56. The molecule has 5 rings (SSSR count). The van der Waals surface area contributed by atoms with Crippen LogP contribution in [0.4, 0.5) is 0 Å². The second-order valence-electron chi connectivity index (χ2n) is 14.3. The molecule has 0 bridgehead atoms. The molecular formula is C30H50O. The number of hydrogen-bond acceptors (Lipinski definition) is 1. The number of fused-ring (bicyclic) bond motifs is 5. The molecule has 8 atom stereocenters. The Morgan fingerprint density at radius 3 is 2.29 bits per heavy atom. The molecule has 1 spiro atoms. The van der Waals surface area contributed by atoms with Crippen LogP contribution in [0.15, 0.2) is 0 Å². The first-order valence-electron chi connectivity index (χ1n) is 14.2. The van der Waals surface area contributed by atoms with E-state index in [4.69, 9.17) is 0 Å². The van der Waals surface area contributed by atoms with E-state index >= 15 is 0 Å². The maximum Gasteiger partial charge on any atom is 0.134 e. The van der Waals surface area contributed by atoms with Crippen molar-refractivity contribution in [3.63, 3.8) is 0 Å². The zero-order chi connectivity index (χ0) is 22.0. The fourth-order valence-electron chi connectivity index (χ4n) is 10.5. The largest absolute Gasteiger partial charge is 0.300 e. The standard InChI is InChI=1S/C30H50O/c1-20(2)7-6-8-21(3)25-11-12-26-24-10-9-22-17-30(18-23(31)19-30)16-15-28(22,4)27(24)13-14-29(25,26)5/h20-22,24-27H,6-19H2,1-5H3/t21-,22+,24+,25-,26+,27+,28+,29-/m1/s1. The first-order chi connectivity index (χ1) is 14.7. The molecule has 0 aromatic rings. The van der Waals surface area contributed by atoms with Crippen LogP contribution in [0.2, 0.25) is 0 Å². The Hall–Kier alpha value is -0.330. The predicted octanol–water partition coefficient (Wildman–Crippen LogP) is 8.46. The summed E-state index contributed by atoms with van der Waals surface area (Å²) in [7, 11) is 0. The van der Waals surface area contributed by atoms with Crippen LogP contribution in [0.3, 0.4) is 0 Å². The molecule has 1 nitrogen and oxygen atoms in total. The van der Waals surface area contributed by atoms with Crippen molar-refractivity contribution < 1.29 is 4.79 Å². The summed E-state index contributed by atoms with van der Waals surface area (Å²) in [6.07, 6.45) is 19.3. The van der Waals surface area contributed by atoms with Crippen molar-refractivity contribution in [1.82, 2.24) is 0 Å². The Bertz CT molecular complexity index is 685. The van der Waals surface area contributed by atoms with E-state index in [1.54, 1.807) is 0 Å². The van der Waals surface area contributed by atoms with Crippen molar-refractivity contribution in [2.24, 2.45) is 57.7 Å². The van der Waals surface area contributed by atoms with E-state index in [-0.39, 0.29) is 0 Å². The summed E-state index contributed by atoms with van der Waals surface area (Å²) in [5.74, 6) is 7.20. The molecule has 0 radical (unpaired) electrons. The van der Waals surface area contributed by atoms with Crippen LogP contribution < -0.4 is 0 Å². The molecular weight excluding hydrogens is 376 g/mol. The van der Waals surface area contributed by atoms with Crippen LogP contribution >= 0.6 is 0 Å². The third-order valence-electron chi connectivity index (χ3n) is 12.3. The number of Topliss-reactive ketones (excluding diaryl/α,β-unsaturated/α-hetero) is 1. The Morgan fingerprint density at radius 1 is 0.839 bits per heavy atom. The van der Waals surface area contributed by atoms with Gasteiger partial charge in [-0.2, -0.15) is 0 Å². The average molecular weight is 427 g/mol. The zero-order valence-electron chi connectivity index (χ0n) is 21.3. The minimum atomic E-state index is 0.446. The molecule has 0 aliphatic heterocycles. The highest BCUT2D eigenvalue weighted by Gasteiger charge is 2.62. The summed E-state index contributed by atoms with van der Waals surface area (Å²) in [6.45, 7) is 12.8. The van der Waals surface area contributed by atoms with Gasteiger partial charge >= 0.3 is 0 Å². The van der Waals surface area contributed by atoms with Crippen LogP contribution in [0.25, 0.3) is 0 Å². The molecule has 5 saturated carbocycles. The van der Waals surface area contributed by atoms with Gasteiger partial charge in [-0.15, -0.1) is 0 Å². The molecule has 0 aromatic heterocycles. The highest BCUT2D eigenvalue weighted by atomic mass is 16.1. The number of carbonyl (C=O) groups excluding carboxylic acids is 1. The number of hydrogen-bond donors (Lipinski definition) is 0. The molecule has 0 N–H and O–H groups in total. The van der Waals surface area contributed by atoms with E-state index in [1.165, 1.54) is 77.0 Å². The lowest BCUT2D eigenvalue weighted by atomic mass is 9.41. The van der Waals surface area contributed by atoms with Gasteiger partial charge < -0.3 is 0 Å². The Morgan fingerprint density at radius 2 is 1.58 bits per heavy atom. The van der Waals surface area contributed by atoms with Crippen molar-refractivity contribution >= 4 is 5.78 Å². The third kappa shape index (κ3) is 3.58. The maximum atomic E-state index is 11.8. The SMILES string of the molecule is CC(C)CCC[C@@H](C)[C@H]1CC[C@H]2[C@@H]3CC[C@H]4CC5(CC[C@]4(C)[C@H]3CC[C@]12C)CC(=O)C5. The van der Waals surface area contributed by atoms with Gasteiger partial charge in [0.25, 0.3) is 0 Å². The molecule has 1 heteroatoms. The van der Waals surface area contributed by atoms with E-state index in [1.807, 2.05) is 0 Å². The Labute approximate surface area is 192 Å². The molecule has 0 amide bonds. The van der Waals surface area contributed by atoms with Gasteiger partial charge in [0.2, 0.25) is 0 Å². The second kappa shape index (κ2) is 7.87.